The summed E-state index contributed by atoms with van der Waals surface area (Å²) in [6, 6.07) is 1.02. The highest BCUT2D eigenvalue weighted by atomic mass is 16.2. The van der Waals surface area contributed by atoms with Crippen molar-refractivity contribution < 1.29 is 4.79 Å². The topological polar surface area (TPSA) is 35.6 Å². The molecule has 1 heterocycles. The predicted octanol–water partition coefficient (Wildman–Crippen LogP) is 1.71. The van der Waals surface area contributed by atoms with Crippen molar-refractivity contribution in [1.82, 2.24) is 15.1 Å². The fourth-order valence-electron chi connectivity index (χ4n) is 3.57. The van der Waals surface area contributed by atoms with Gasteiger partial charge in [-0.05, 0) is 51.1 Å². The second kappa shape index (κ2) is 7.41. The van der Waals surface area contributed by atoms with Gasteiger partial charge in [0.25, 0.3) is 0 Å². The maximum Gasteiger partial charge on any atom is 0.236 e. The van der Waals surface area contributed by atoms with Crippen LogP contribution < -0.4 is 5.32 Å². The van der Waals surface area contributed by atoms with Crippen molar-refractivity contribution in [2.45, 2.75) is 58.0 Å². The van der Waals surface area contributed by atoms with E-state index in [1.165, 1.54) is 32.1 Å². The molecule has 4 nitrogen and oxygen atoms in total. The molecule has 116 valence electrons. The van der Waals surface area contributed by atoms with E-state index in [-0.39, 0.29) is 0 Å². The molecule has 0 aromatic rings. The van der Waals surface area contributed by atoms with Gasteiger partial charge in [-0.15, -0.1) is 0 Å². The standard InChI is InChI=1S/C16H31N3O/c1-4-19(15-9-10-17-11-15)12-16(20)18(3)14-7-5-13(2)6-8-14/h13-15,17H,4-12H2,1-3H3. The molecular formula is C16H31N3O. The maximum absolute atomic E-state index is 12.5. The quantitative estimate of drug-likeness (QED) is 0.833. The second-order valence-electron chi connectivity index (χ2n) is 6.63. The molecule has 20 heavy (non-hydrogen) atoms. The van der Waals surface area contributed by atoms with Crippen LogP contribution in [0.1, 0.15) is 46.0 Å². The molecule has 2 rings (SSSR count). The molecule has 4 heteroatoms. The van der Waals surface area contributed by atoms with Crippen molar-refractivity contribution in [3.8, 4) is 0 Å². The first-order valence-corrected chi connectivity index (χ1v) is 8.32. The Morgan fingerprint density at radius 2 is 1.85 bits per heavy atom. The molecule has 1 saturated heterocycles. The van der Waals surface area contributed by atoms with Gasteiger partial charge in [0, 0.05) is 25.7 Å². The fourth-order valence-corrected chi connectivity index (χ4v) is 3.57. The van der Waals surface area contributed by atoms with E-state index < -0.39 is 0 Å². The van der Waals surface area contributed by atoms with Crippen LogP contribution in [0.5, 0.6) is 0 Å². The predicted molar refractivity (Wildman–Crippen MR) is 82.7 cm³/mol. The number of hydrogen-bond donors (Lipinski definition) is 1. The van der Waals surface area contributed by atoms with E-state index in [1.54, 1.807) is 0 Å². The van der Waals surface area contributed by atoms with E-state index in [0.29, 0.717) is 24.5 Å². The third kappa shape index (κ3) is 3.95. The summed E-state index contributed by atoms with van der Waals surface area (Å²) in [5, 5.41) is 3.39. The molecule has 1 unspecified atom stereocenters. The lowest BCUT2D eigenvalue weighted by atomic mass is 9.87. The zero-order chi connectivity index (χ0) is 14.5. The molecule has 0 bridgehead atoms. The lowest BCUT2D eigenvalue weighted by molar-refractivity contribution is -0.134. The first-order valence-electron chi connectivity index (χ1n) is 8.32. The minimum Gasteiger partial charge on any atom is -0.342 e. The van der Waals surface area contributed by atoms with E-state index >= 15 is 0 Å². The second-order valence-corrected chi connectivity index (χ2v) is 6.63. The SMILES string of the molecule is CCN(CC(=O)N(C)C1CCC(C)CC1)C1CCNC1. The molecule has 1 saturated carbocycles. The van der Waals surface area contributed by atoms with Gasteiger partial charge in [-0.2, -0.15) is 0 Å². The number of carbonyl (C=O) groups excluding carboxylic acids is 1. The molecule has 1 aliphatic carbocycles. The van der Waals surface area contributed by atoms with Crippen LogP contribution in [0.2, 0.25) is 0 Å². The van der Waals surface area contributed by atoms with Gasteiger partial charge < -0.3 is 10.2 Å². The fraction of sp³-hybridized carbons (Fsp3) is 0.938. The molecule has 0 aromatic heterocycles. The molecule has 0 radical (unpaired) electrons. The first kappa shape index (κ1) is 15.8. The Balaban J connectivity index is 1.83. The van der Waals surface area contributed by atoms with Gasteiger partial charge in [0.15, 0.2) is 0 Å². The third-order valence-corrected chi connectivity index (χ3v) is 5.22. The van der Waals surface area contributed by atoms with Gasteiger partial charge in [-0.25, -0.2) is 0 Å². The maximum atomic E-state index is 12.5. The highest BCUT2D eigenvalue weighted by Gasteiger charge is 2.28. The van der Waals surface area contributed by atoms with Crippen molar-refractivity contribution >= 4 is 5.91 Å². The summed E-state index contributed by atoms with van der Waals surface area (Å²) in [6.07, 6.45) is 6.07. The van der Waals surface area contributed by atoms with Crippen LogP contribution in [0.25, 0.3) is 0 Å². The molecule has 1 atom stereocenters. The van der Waals surface area contributed by atoms with Gasteiger partial charge in [0.1, 0.15) is 0 Å². The van der Waals surface area contributed by atoms with Gasteiger partial charge >= 0.3 is 0 Å². The Labute approximate surface area is 123 Å². The molecule has 2 fully saturated rings. The van der Waals surface area contributed by atoms with E-state index in [0.717, 1.165) is 25.6 Å². The molecule has 0 aromatic carbocycles. The van der Waals surface area contributed by atoms with Gasteiger partial charge in [0.2, 0.25) is 5.91 Å². The highest BCUT2D eigenvalue weighted by molar-refractivity contribution is 5.78. The molecule has 1 aliphatic heterocycles. The number of hydrogen-bond acceptors (Lipinski definition) is 3. The number of nitrogens with one attached hydrogen (secondary N) is 1. The Morgan fingerprint density at radius 1 is 1.15 bits per heavy atom. The van der Waals surface area contributed by atoms with Crippen LogP contribution >= 0.6 is 0 Å². The smallest absolute Gasteiger partial charge is 0.236 e. The monoisotopic (exact) mass is 281 g/mol. The van der Waals surface area contributed by atoms with Crippen LogP contribution in [0.4, 0.5) is 0 Å². The summed E-state index contributed by atoms with van der Waals surface area (Å²) < 4.78 is 0. The summed E-state index contributed by atoms with van der Waals surface area (Å²) in [4.78, 5) is 16.9. The Kier molecular flexibility index (Phi) is 5.85. The number of rotatable bonds is 5. The highest BCUT2D eigenvalue weighted by Crippen LogP contribution is 2.26. The molecule has 1 N–H and O–H groups in total. The molecular weight excluding hydrogens is 250 g/mol. The van der Waals surface area contributed by atoms with Crippen molar-refractivity contribution in [2.75, 3.05) is 33.2 Å². The van der Waals surface area contributed by atoms with Crippen LogP contribution in [-0.4, -0.2) is 61.0 Å². The van der Waals surface area contributed by atoms with E-state index in [1.807, 2.05) is 11.9 Å². The first-order chi connectivity index (χ1) is 9.61. The minimum absolute atomic E-state index is 0.304. The normalized spacial score (nSPS) is 30.7. The van der Waals surface area contributed by atoms with Crippen molar-refractivity contribution in [3.05, 3.63) is 0 Å². The van der Waals surface area contributed by atoms with Crippen LogP contribution in [-0.2, 0) is 4.79 Å². The summed E-state index contributed by atoms with van der Waals surface area (Å²) in [6.45, 7) is 8.16. The summed E-state index contributed by atoms with van der Waals surface area (Å²) in [5.41, 5.74) is 0. The van der Waals surface area contributed by atoms with Crippen LogP contribution in [0.15, 0.2) is 0 Å². The molecule has 2 aliphatic rings. The van der Waals surface area contributed by atoms with Crippen molar-refractivity contribution in [1.29, 1.82) is 0 Å². The van der Waals surface area contributed by atoms with Crippen LogP contribution in [0, 0.1) is 5.92 Å². The number of likely N-dealkylation sites (N-methyl/N-ethyl adjacent to an activating group) is 2. The molecule has 1 amide bonds. The number of nitrogens with zero attached hydrogens (tertiary/aromatic N) is 2. The van der Waals surface area contributed by atoms with E-state index in [9.17, 15) is 4.79 Å². The Morgan fingerprint density at radius 3 is 2.40 bits per heavy atom. The number of amides is 1. The zero-order valence-electron chi connectivity index (χ0n) is 13.4. The van der Waals surface area contributed by atoms with Crippen LogP contribution in [0.3, 0.4) is 0 Å². The lowest BCUT2D eigenvalue weighted by Crippen LogP contribution is -2.47. The van der Waals surface area contributed by atoms with Crippen molar-refractivity contribution in [2.24, 2.45) is 5.92 Å². The lowest BCUT2D eigenvalue weighted by Gasteiger charge is -2.35. The average Bonchev–Trinajstić information content (AvgIpc) is 2.98. The van der Waals surface area contributed by atoms with Gasteiger partial charge in [-0.1, -0.05) is 13.8 Å². The summed E-state index contributed by atoms with van der Waals surface area (Å²) in [7, 11) is 2.00. The molecule has 0 spiro atoms. The van der Waals surface area contributed by atoms with Gasteiger partial charge in [-0.3, -0.25) is 9.69 Å². The average molecular weight is 281 g/mol. The third-order valence-electron chi connectivity index (χ3n) is 5.22. The van der Waals surface area contributed by atoms with E-state index in [2.05, 4.69) is 24.1 Å². The largest absolute Gasteiger partial charge is 0.342 e. The van der Waals surface area contributed by atoms with E-state index in [4.69, 9.17) is 0 Å². The minimum atomic E-state index is 0.304. The summed E-state index contributed by atoms with van der Waals surface area (Å²) >= 11 is 0. The Hall–Kier alpha value is -0.610. The number of carbonyl (C=O) groups is 1. The van der Waals surface area contributed by atoms with Gasteiger partial charge in [0.05, 0.1) is 6.54 Å². The Bertz CT molecular complexity index is 307. The van der Waals surface area contributed by atoms with Crippen molar-refractivity contribution in [3.63, 3.8) is 0 Å². The zero-order valence-corrected chi connectivity index (χ0v) is 13.4. The summed E-state index contributed by atoms with van der Waals surface area (Å²) in [5.74, 6) is 1.14.